The molecule has 1 aromatic rings. The summed E-state index contributed by atoms with van der Waals surface area (Å²) in [6.45, 7) is 2.72. The molecule has 3 rings (SSSR count). The van der Waals surface area contributed by atoms with Crippen molar-refractivity contribution in [3.63, 3.8) is 0 Å². The Bertz CT molecular complexity index is 587. The first-order chi connectivity index (χ1) is 11.1. The molecule has 0 radical (unpaired) electrons. The molecule has 0 saturated carbocycles. The Kier molecular flexibility index (Phi) is 4.79. The highest BCUT2D eigenvalue weighted by Gasteiger charge is 2.31. The first-order valence-electron chi connectivity index (χ1n) is 8.24. The van der Waals surface area contributed by atoms with E-state index < -0.39 is 5.82 Å². The van der Waals surface area contributed by atoms with E-state index >= 15 is 0 Å². The predicted molar refractivity (Wildman–Crippen MR) is 85.5 cm³/mol. The van der Waals surface area contributed by atoms with Gasteiger partial charge in [0.1, 0.15) is 5.82 Å². The fourth-order valence-electron chi connectivity index (χ4n) is 3.27. The lowest BCUT2D eigenvalue weighted by atomic mass is 9.97. The largest absolute Gasteiger partial charge is 0.325 e. The Morgan fingerprint density at radius 2 is 1.74 bits per heavy atom. The van der Waals surface area contributed by atoms with Crippen molar-refractivity contribution in [3.8, 4) is 0 Å². The van der Waals surface area contributed by atoms with E-state index in [2.05, 4.69) is 5.32 Å². The van der Waals surface area contributed by atoms with Crippen LogP contribution < -0.4 is 5.32 Å². The lowest BCUT2D eigenvalue weighted by Crippen LogP contribution is -2.48. The van der Waals surface area contributed by atoms with Crippen molar-refractivity contribution in [2.24, 2.45) is 5.92 Å². The van der Waals surface area contributed by atoms with E-state index in [0.29, 0.717) is 13.1 Å². The second-order valence-electron chi connectivity index (χ2n) is 6.23. The average Bonchev–Trinajstić information content (AvgIpc) is 3.11. The highest BCUT2D eigenvalue weighted by molar-refractivity contribution is 5.93. The van der Waals surface area contributed by atoms with Crippen LogP contribution >= 0.6 is 0 Å². The molecule has 0 spiro atoms. The van der Waals surface area contributed by atoms with Crippen molar-refractivity contribution >= 4 is 17.6 Å². The Labute approximate surface area is 135 Å². The van der Waals surface area contributed by atoms with E-state index in [1.807, 2.05) is 4.90 Å². The number of hydrogen-bond donors (Lipinski definition) is 1. The van der Waals surface area contributed by atoms with Crippen LogP contribution in [0, 0.1) is 11.7 Å². The first kappa shape index (κ1) is 15.8. The van der Waals surface area contributed by atoms with E-state index in [0.717, 1.165) is 38.8 Å². The van der Waals surface area contributed by atoms with Gasteiger partial charge in [0.25, 0.3) is 0 Å². The van der Waals surface area contributed by atoms with E-state index in [4.69, 9.17) is 0 Å². The maximum absolute atomic E-state index is 13.6. The number of hydrogen-bond acceptors (Lipinski definition) is 2. The lowest BCUT2D eigenvalue weighted by molar-refractivity contribution is -0.121. The van der Waals surface area contributed by atoms with Gasteiger partial charge < -0.3 is 15.1 Å². The molecule has 23 heavy (non-hydrogen) atoms. The minimum atomic E-state index is -0.443. The number of nitrogens with zero attached hydrogens (tertiary/aromatic N) is 2. The molecule has 0 aliphatic carbocycles. The number of anilines is 1. The van der Waals surface area contributed by atoms with Crippen LogP contribution in [-0.4, -0.2) is 47.9 Å². The molecule has 1 N–H and O–H groups in total. The topological polar surface area (TPSA) is 52.7 Å². The normalized spacial score (nSPS) is 21.3. The van der Waals surface area contributed by atoms with Gasteiger partial charge in [-0.05, 0) is 37.8 Å². The number of rotatable bonds is 2. The summed E-state index contributed by atoms with van der Waals surface area (Å²) in [4.78, 5) is 28.4. The molecule has 2 saturated heterocycles. The molecule has 2 aliphatic rings. The van der Waals surface area contributed by atoms with Crippen LogP contribution in [0.2, 0.25) is 0 Å². The van der Waals surface area contributed by atoms with Crippen molar-refractivity contribution in [1.82, 2.24) is 9.80 Å². The van der Waals surface area contributed by atoms with Crippen molar-refractivity contribution in [2.45, 2.75) is 25.7 Å². The van der Waals surface area contributed by atoms with Crippen molar-refractivity contribution in [2.75, 3.05) is 31.5 Å². The number of carbonyl (C=O) groups is 2. The summed E-state index contributed by atoms with van der Waals surface area (Å²) < 4.78 is 13.6. The SMILES string of the molecule is O=C(Nc1ccccc1F)C1CCCN(C(=O)N2CCCC2)C1. The summed E-state index contributed by atoms with van der Waals surface area (Å²) in [5.74, 6) is -0.939. The van der Waals surface area contributed by atoms with E-state index in [-0.39, 0.29) is 23.5 Å². The third-order valence-corrected chi connectivity index (χ3v) is 4.57. The standard InChI is InChI=1S/C17H22FN3O2/c18-14-7-1-2-8-15(14)19-16(22)13-6-5-11-21(12-13)17(23)20-9-3-4-10-20/h1-2,7-8,13H,3-6,9-12H2,(H,19,22). The molecule has 2 aliphatic heterocycles. The maximum Gasteiger partial charge on any atom is 0.320 e. The molecule has 1 aromatic carbocycles. The van der Waals surface area contributed by atoms with Crippen LogP contribution in [0.15, 0.2) is 24.3 Å². The zero-order valence-electron chi connectivity index (χ0n) is 13.1. The van der Waals surface area contributed by atoms with Gasteiger partial charge in [0.2, 0.25) is 5.91 Å². The molecule has 2 fully saturated rings. The summed E-state index contributed by atoms with van der Waals surface area (Å²) in [6.07, 6.45) is 3.63. The molecule has 1 atom stereocenters. The van der Waals surface area contributed by atoms with Gasteiger partial charge in [-0.15, -0.1) is 0 Å². The molecule has 2 heterocycles. The van der Waals surface area contributed by atoms with Crippen LogP contribution in [0.25, 0.3) is 0 Å². The molecule has 124 valence electrons. The molecule has 3 amide bonds. The number of nitrogens with one attached hydrogen (secondary N) is 1. The molecule has 1 unspecified atom stereocenters. The van der Waals surface area contributed by atoms with Gasteiger partial charge in [-0.1, -0.05) is 12.1 Å². The van der Waals surface area contributed by atoms with Crippen molar-refractivity contribution in [1.29, 1.82) is 0 Å². The monoisotopic (exact) mass is 319 g/mol. The molecular formula is C17H22FN3O2. The highest BCUT2D eigenvalue weighted by atomic mass is 19.1. The van der Waals surface area contributed by atoms with Crippen molar-refractivity contribution < 1.29 is 14.0 Å². The summed E-state index contributed by atoms with van der Waals surface area (Å²) in [5, 5.41) is 2.64. The average molecular weight is 319 g/mol. The summed E-state index contributed by atoms with van der Waals surface area (Å²) in [7, 11) is 0. The number of halogens is 1. The van der Waals surface area contributed by atoms with Crippen LogP contribution in [0.5, 0.6) is 0 Å². The summed E-state index contributed by atoms with van der Waals surface area (Å²) in [5.41, 5.74) is 0.195. The fourth-order valence-corrected chi connectivity index (χ4v) is 3.27. The zero-order valence-corrected chi connectivity index (χ0v) is 13.1. The van der Waals surface area contributed by atoms with Gasteiger partial charge in [-0.2, -0.15) is 0 Å². The van der Waals surface area contributed by atoms with E-state index in [9.17, 15) is 14.0 Å². The number of benzene rings is 1. The van der Waals surface area contributed by atoms with Gasteiger partial charge in [0.05, 0.1) is 11.6 Å². The van der Waals surface area contributed by atoms with Crippen LogP contribution in [0.1, 0.15) is 25.7 Å². The number of para-hydroxylation sites is 1. The van der Waals surface area contributed by atoms with Crippen LogP contribution in [-0.2, 0) is 4.79 Å². The molecule has 6 heteroatoms. The molecule has 0 bridgehead atoms. The number of piperidine rings is 1. The highest BCUT2D eigenvalue weighted by Crippen LogP contribution is 2.22. The number of urea groups is 1. The molecule has 0 aromatic heterocycles. The fraction of sp³-hybridized carbons (Fsp3) is 0.529. The van der Waals surface area contributed by atoms with Gasteiger partial charge in [0.15, 0.2) is 0 Å². The summed E-state index contributed by atoms with van der Waals surface area (Å²) in [6, 6.07) is 6.17. The van der Waals surface area contributed by atoms with Crippen LogP contribution in [0.3, 0.4) is 0 Å². The van der Waals surface area contributed by atoms with Gasteiger partial charge in [-0.25, -0.2) is 9.18 Å². The zero-order chi connectivity index (χ0) is 16.2. The third kappa shape index (κ3) is 3.63. The van der Waals surface area contributed by atoms with Gasteiger partial charge in [0, 0.05) is 26.2 Å². The lowest BCUT2D eigenvalue weighted by Gasteiger charge is -2.34. The summed E-state index contributed by atoms with van der Waals surface area (Å²) >= 11 is 0. The number of carbonyl (C=O) groups excluding carboxylic acids is 2. The molecule has 5 nitrogen and oxygen atoms in total. The first-order valence-corrected chi connectivity index (χ1v) is 8.24. The second kappa shape index (κ2) is 6.98. The molecular weight excluding hydrogens is 297 g/mol. The van der Waals surface area contributed by atoms with Gasteiger partial charge in [-0.3, -0.25) is 4.79 Å². The van der Waals surface area contributed by atoms with E-state index in [1.165, 1.54) is 6.07 Å². The Balaban J connectivity index is 1.60. The second-order valence-corrected chi connectivity index (χ2v) is 6.23. The number of likely N-dealkylation sites (tertiary alicyclic amines) is 2. The minimum Gasteiger partial charge on any atom is -0.325 e. The maximum atomic E-state index is 13.6. The Hall–Kier alpha value is -2.11. The third-order valence-electron chi connectivity index (χ3n) is 4.57. The van der Waals surface area contributed by atoms with Gasteiger partial charge >= 0.3 is 6.03 Å². The smallest absolute Gasteiger partial charge is 0.320 e. The Morgan fingerprint density at radius 1 is 1.04 bits per heavy atom. The van der Waals surface area contributed by atoms with Crippen molar-refractivity contribution in [3.05, 3.63) is 30.1 Å². The quantitative estimate of drug-likeness (QED) is 0.911. The van der Waals surface area contributed by atoms with Crippen LogP contribution in [0.4, 0.5) is 14.9 Å². The van der Waals surface area contributed by atoms with E-state index in [1.54, 1.807) is 23.1 Å². The predicted octanol–water partition coefficient (Wildman–Crippen LogP) is 2.69. The Morgan fingerprint density at radius 3 is 2.48 bits per heavy atom. The minimum absolute atomic E-state index is 0.0332. The number of amides is 3.